The fourth-order valence-corrected chi connectivity index (χ4v) is 4.21. The summed E-state index contributed by atoms with van der Waals surface area (Å²) in [4.78, 5) is 16.0. The molecule has 1 aromatic carbocycles. The van der Waals surface area contributed by atoms with Gasteiger partial charge in [0.05, 0.1) is 5.56 Å². The van der Waals surface area contributed by atoms with Gasteiger partial charge in [0.1, 0.15) is 5.82 Å². The number of benzene rings is 1. The summed E-state index contributed by atoms with van der Waals surface area (Å²) < 4.78 is 13.7. The largest absolute Gasteiger partial charge is 0.351 e. The SMILES string of the molecule is O=C(NCCN1CCc2sccc2C1)c1ccc(F)cc1I. The summed E-state index contributed by atoms with van der Waals surface area (Å²) in [6.07, 6.45) is 1.09. The molecule has 1 N–H and O–H groups in total. The number of carbonyl (C=O) groups is 1. The number of fused-ring (bicyclic) bond motifs is 1. The van der Waals surface area contributed by atoms with E-state index in [1.54, 1.807) is 0 Å². The van der Waals surface area contributed by atoms with Gasteiger partial charge in [-0.15, -0.1) is 11.3 Å². The summed E-state index contributed by atoms with van der Waals surface area (Å²) in [7, 11) is 0. The van der Waals surface area contributed by atoms with Crippen LogP contribution in [0.3, 0.4) is 0 Å². The Morgan fingerprint density at radius 1 is 1.41 bits per heavy atom. The van der Waals surface area contributed by atoms with Gasteiger partial charge in [0, 0.05) is 34.6 Å². The molecule has 0 spiro atoms. The summed E-state index contributed by atoms with van der Waals surface area (Å²) in [5.41, 5.74) is 1.94. The molecule has 1 aromatic heterocycles. The predicted molar refractivity (Wildman–Crippen MR) is 94.8 cm³/mol. The molecule has 3 rings (SSSR count). The number of hydrogen-bond donors (Lipinski definition) is 1. The number of carbonyl (C=O) groups excluding carboxylic acids is 1. The van der Waals surface area contributed by atoms with Gasteiger partial charge in [-0.1, -0.05) is 0 Å². The molecule has 0 radical (unpaired) electrons. The van der Waals surface area contributed by atoms with Crippen molar-refractivity contribution in [1.82, 2.24) is 10.2 Å². The lowest BCUT2D eigenvalue weighted by Gasteiger charge is -2.26. The normalized spacial score (nSPS) is 14.6. The van der Waals surface area contributed by atoms with Gasteiger partial charge in [0.25, 0.3) is 5.91 Å². The van der Waals surface area contributed by atoms with Crippen molar-refractivity contribution in [3.05, 3.63) is 55.0 Å². The van der Waals surface area contributed by atoms with E-state index in [0.717, 1.165) is 26.1 Å². The molecule has 1 aliphatic heterocycles. The van der Waals surface area contributed by atoms with Crippen molar-refractivity contribution >= 4 is 39.8 Å². The lowest BCUT2D eigenvalue weighted by atomic mass is 10.1. The Bertz CT molecular complexity index is 689. The maximum absolute atomic E-state index is 13.1. The summed E-state index contributed by atoms with van der Waals surface area (Å²) in [5.74, 6) is -0.460. The zero-order valence-electron chi connectivity index (χ0n) is 11.9. The number of amides is 1. The van der Waals surface area contributed by atoms with E-state index in [9.17, 15) is 9.18 Å². The number of halogens is 2. The van der Waals surface area contributed by atoms with Crippen LogP contribution in [0, 0.1) is 9.39 Å². The Hall–Kier alpha value is -0.990. The maximum atomic E-state index is 13.1. The first kappa shape index (κ1) is 15.9. The highest BCUT2D eigenvalue weighted by atomic mass is 127. The molecular weight excluding hydrogens is 414 g/mol. The van der Waals surface area contributed by atoms with Gasteiger partial charge in [0.15, 0.2) is 0 Å². The van der Waals surface area contributed by atoms with Crippen LogP contribution in [0.15, 0.2) is 29.6 Å². The Kier molecular flexibility index (Phi) is 5.10. The van der Waals surface area contributed by atoms with Crippen molar-refractivity contribution < 1.29 is 9.18 Å². The molecule has 6 heteroatoms. The van der Waals surface area contributed by atoms with E-state index in [1.165, 1.54) is 28.6 Å². The van der Waals surface area contributed by atoms with Gasteiger partial charge < -0.3 is 5.32 Å². The second-order valence-electron chi connectivity index (χ2n) is 5.28. The molecule has 1 aliphatic rings. The topological polar surface area (TPSA) is 32.3 Å². The minimum Gasteiger partial charge on any atom is -0.351 e. The van der Waals surface area contributed by atoms with Gasteiger partial charge >= 0.3 is 0 Å². The number of nitrogens with one attached hydrogen (secondary N) is 1. The van der Waals surface area contributed by atoms with E-state index in [4.69, 9.17) is 0 Å². The molecule has 2 heterocycles. The van der Waals surface area contributed by atoms with Gasteiger partial charge in [0.2, 0.25) is 0 Å². The number of thiophene rings is 1. The molecule has 22 heavy (non-hydrogen) atoms. The highest BCUT2D eigenvalue weighted by molar-refractivity contribution is 14.1. The highest BCUT2D eigenvalue weighted by Gasteiger charge is 2.17. The molecule has 0 fully saturated rings. The fraction of sp³-hybridized carbons (Fsp3) is 0.312. The smallest absolute Gasteiger partial charge is 0.252 e. The first-order valence-electron chi connectivity index (χ1n) is 7.14. The van der Waals surface area contributed by atoms with Gasteiger partial charge in [-0.3, -0.25) is 9.69 Å². The van der Waals surface area contributed by atoms with Gasteiger partial charge in [-0.25, -0.2) is 4.39 Å². The Morgan fingerprint density at radius 2 is 2.27 bits per heavy atom. The standard InChI is InChI=1S/C16H16FIN2OS/c17-12-1-2-13(14(18)9-12)16(21)19-5-7-20-6-3-15-11(10-20)4-8-22-15/h1-2,4,8-9H,3,5-7,10H2,(H,19,21). The molecule has 0 bridgehead atoms. The van der Waals surface area contributed by atoms with E-state index in [2.05, 4.69) is 21.7 Å². The second kappa shape index (κ2) is 7.06. The second-order valence-corrected chi connectivity index (χ2v) is 7.44. The summed E-state index contributed by atoms with van der Waals surface area (Å²) in [6, 6.07) is 6.41. The van der Waals surface area contributed by atoms with Crippen LogP contribution in [0.25, 0.3) is 0 Å². The van der Waals surface area contributed by atoms with Crippen LogP contribution >= 0.6 is 33.9 Å². The maximum Gasteiger partial charge on any atom is 0.252 e. The van der Waals surface area contributed by atoms with E-state index in [0.29, 0.717) is 15.7 Å². The third kappa shape index (κ3) is 3.67. The van der Waals surface area contributed by atoms with E-state index in [1.807, 2.05) is 33.9 Å². The van der Waals surface area contributed by atoms with Crippen molar-refractivity contribution in [2.24, 2.45) is 0 Å². The van der Waals surface area contributed by atoms with Crippen molar-refractivity contribution in [1.29, 1.82) is 0 Å². The number of nitrogens with zero attached hydrogens (tertiary/aromatic N) is 1. The third-order valence-corrected chi connectivity index (χ3v) is 5.69. The molecule has 0 atom stereocenters. The summed E-state index contributed by atoms with van der Waals surface area (Å²) in [6.45, 7) is 3.44. The number of hydrogen-bond acceptors (Lipinski definition) is 3. The molecule has 0 aliphatic carbocycles. The van der Waals surface area contributed by atoms with Crippen LogP contribution in [0.4, 0.5) is 4.39 Å². The lowest BCUT2D eigenvalue weighted by Crippen LogP contribution is -2.37. The fourth-order valence-electron chi connectivity index (χ4n) is 2.59. The first-order valence-corrected chi connectivity index (χ1v) is 9.10. The van der Waals surface area contributed by atoms with Crippen LogP contribution in [0.2, 0.25) is 0 Å². The summed E-state index contributed by atoms with van der Waals surface area (Å²) in [5, 5.41) is 5.06. The zero-order chi connectivity index (χ0) is 15.5. The Labute approximate surface area is 146 Å². The average Bonchev–Trinajstić information content (AvgIpc) is 2.94. The minimum absolute atomic E-state index is 0.141. The highest BCUT2D eigenvalue weighted by Crippen LogP contribution is 2.23. The molecule has 116 valence electrons. The van der Waals surface area contributed by atoms with Crippen molar-refractivity contribution in [3.8, 4) is 0 Å². The van der Waals surface area contributed by atoms with Crippen LogP contribution in [-0.2, 0) is 13.0 Å². The molecule has 1 amide bonds. The first-order chi connectivity index (χ1) is 10.6. The van der Waals surface area contributed by atoms with Gasteiger partial charge in [-0.2, -0.15) is 0 Å². The zero-order valence-corrected chi connectivity index (χ0v) is 14.9. The minimum atomic E-state index is -0.319. The van der Waals surface area contributed by atoms with E-state index in [-0.39, 0.29) is 11.7 Å². The predicted octanol–water partition coefficient (Wildman–Crippen LogP) is 3.28. The number of rotatable bonds is 4. The molecule has 0 saturated carbocycles. The Morgan fingerprint density at radius 3 is 3.09 bits per heavy atom. The van der Waals surface area contributed by atoms with E-state index >= 15 is 0 Å². The van der Waals surface area contributed by atoms with Crippen LogP contribution < -0.4 is 5.32 Å². The molecule has 0 saturated heterocycles. The van der Waals surface area contributed by atoms with Crippen molar-refractivity contribution in [2.45, 2.75) is 13.0 Å². The van der Waals surface area contributed by atoms with Crippen molar-refractivity contribution in [2.75, 3.05) is 19.6 Å². The van der Waals surface area contributed by atoms with Crippen LogP contribution in [0.1, 0.15) is 20.8 Å². The van der Waals surface area contributed by atoms with Crippen LogP contribution in [0.5, 0.6) is 0 Å². The Balaban J connectivity index is 1.50. The van der Waals surface area contributed by atoms with E-state index < -0.39 is 0 Å². The molecule has 2 aromatic rings. The van der Waals surface area contributed by atoms with Crippen LogP contribution in [-0.4, -0.2) is 30.4 Å². The molecule has 3 nitrogen and oxygen atoms in total. The van der Waals surface area contributed by atoms with Crippen molar-refractivity contribution in [3.63, 3.8) is 0 Å². The monoisotopic (exact) mass is 430 g/mol. The van der Waals surface area contributed by atoms with Gasteiger partial charge in [-0.05, 0) is 64.2 Å². The quantitative estimate of drug-likeness (QED) is 0.756. The molecule has 0 unspecified atom stereocenters. The lowest BCUT2D eigenvalue weighted by molar-refractivity contribution is 0.0946. The summed E-state index contributed by atoms with van der Waals surface area (Å²) >= 11 is 3.81. The third-order valence-electron chi connectivity index (χ3n) is 3.78. The average molecular weight is 430 g/mol. The molecular formula is C16H16FIN2OS.